The predicted octanol–water partition coefficient (Wildman–Crippen LogP) is 1.85. The Balaban J connectivity index is 1.62. The third-order valence-corrected chi connectivity index (χ3v) is 4.58. The number of aryl methyl sites for hydroxylation is 1. The van der Waals surface area contributed by atoms with Crippen molar-refractivity contribution in [2.24, 2.45) is 7.05 Å². The van der Waals surface area contributed by atoms with Crippen LogP contribution in [-0.4, -0.2) is 64.0 Å². The number of rotatable bonds is 2. The van der Waals surface area contributed by atoms with Gasteiger partial charge in [-0.3, -0.25) is 4.68 Å². The van der Waals surface area contributed by atoms with E-state index in [2.05, 4.69) is 26.0 Å². The van der Waals surface area contributed by atoms with Gasteiger partial charge >= 0.3 is 6.09 Å². The van der Waals surface area contributed by atoms with Gasteiger partial charge in [-0.1, -0.05) is 0 Å². The van der Waals surface area contributed by atoms with Crippen molar-refractivity contribution in [3.8, 4) is 11.3 Å². The molecule has 130 valence electrons. The Bertz CT molecular complexity index is 907. The van der Waals surface area contributed by atoms with Gasteiger partial charge in [0.1, 0.15) is 5.65 Å². The fourth-order valence-corrected chi connectivity index (χ4v) is 3.26. The maximum absolute atomic E-state index is 11.6. The highest BCUT2D eigenvalue weighted by Crippen LogP contribution is 2.30. The van der Waals surface area contributed by atoms with Crippen LogP contribution in [0.5, 0.6) is 0 Å². The normalized spacial score (nSPS) is 15.0. The lowest BCUT2D eigenvalue weighted by Crippen LogP contribution is -2.48. The quantitative estimate of drug-likeness (QED) is 0.770. The molecule has 0 unspecified atom stereocenters. The first-order valence-electron chi connectivity index (χ1n) is 8.20. The van der Waals surface area contributed by atoms with Gasteiger partial charge in [0.25, 0.3) is 0 Å². The average molecular weight is 340 g/mol. The van der Waals surface area contributed by atoms with Crippen LogP contribution in [0.3, 0.4) is 0 Å². The van der Waals surface area contributed by atoms with E-state index in [1.807, 2.05) is 31.7 Å². The summed E-state index contributed by atoms with van der Waals surface area (Å²) in [6.07, 6.45) is 5.35. The molecule has 0 saturated carbocycles. The number of pyridine rings is 1. The zero-order chi connectivity index (χ0) is 17.4. The van der Waals surface area contributed by atoms with Crippen LogP contribution in [0, 0.1) is 0 Å². The molecule has 3 aromatic rings. The van der Waals surface area contributed by atoms with E-state index in [4.69, 9.17) is 4.74 Å². The molecule has 25 heavy (non-hydrogen) atoms. The van der Waals surface area contributed by atoms with Crippen molar-refractivity contribution in [3.05, 3.63) is 30.7 Å². The molecule has 0 atom stereocenters. The number of hydrogen-bond acceptors (Lipinski definition) is 5. The molecule has 0 aliphatic carbocycles. The fraction of sp³-hybridized carbons (Fsp3) is 0.353. The molecule has 4 heterocycles. The van der Waals surface area contributed by atoms with E-state index in [1.54, 1.807) is 9.58 Å². The van der Waals surface area contributed by atoms with E-state index in [9.17, 15) is 4.79 Å². The number of H-pyrrole nitrogens is 1. The number of carbonyl (C=O) groups excluding carboxylic acids is 1. The van der Waals surface area contributed by atoms with Crippen molar-refractivity contribution < 1.29 is 9.53 Å². The highest BCUT2D eigenvalue weighted by atomic mass is 16.5. The molecule has 1 saturated heterocycles. The van der Waals surface area contributed by atoms with Crippen molar-refractivity contribution >= 4 is 22.8 Å². The lowest BCUT2D eigenvalue weighted by molar-refractivity contribution is 0.121. The van der Waals surface area contributed by atoms with Crippen molar-refractivity contribution in [2.75, 3.05) is 38.2 Å². The van der Waals surface area contributed by atoms with Crippen molar-refractivity contribution in [2.45, 2.75) is 0 Å². The molecular weight excluding hydrogens is 320 g/mol. The van der Waals surface area contributed by atoms with E-state index >= 15 is 0 Å². The molecule has 4 rings (SSSR count). The first-order valence-corrected chi connectivity index (χ1v) is 8.20. The number of methoxy groups -OCH3 is 1. The zero-order valence-electron chi connectivity index (χ0n) is 14.3. The fourth-order valence-electron chi connectivity index (χ4n) is 3.26. The summed E-state index contributed by atoms with van der Waals surface area (Å²) in [6.45, 7) is 2.83. The summed E-state index contributed by atoms with van der Waals surface area (Å²) >= 11 is 0. The van der Waals surface area contributed by atoms with Crippen LogP contribution >= 0.6 is 0 Å². The second kappa shape index (κ2) is 6.12. The Kier molecular flexibility index (Phi) is 3.79. The molecule has 0 spiro atoms. The van der Waals surface area contributed by atoms with E-state index in [0.29, 0.717) is 13.1 Å². The molecule has 3 aromatic heterocycles. The Morgan fingerprint density at radius 2 is 2.08 bits per heavy atom. The van der Waals surface area contributed by atoms with Crippen molar-refractivity contribution in [1.82, 2.24) is 24.6 Å². The van der Waals surface area contributed by atoms with Gasteiger partial charge in [-0.25, -0.2) is 9.78 Å². The maximum Gasteiger partial charge on any atom is 0.409 e. The van der Waals surface area contributed by atoms with Crippen molar-refractivity contribution in [3.63, 3.8) is 0 Å². The zero-order valence-corrected chi connectivity index (χ0v) is 14.3. The monoisotopic (exact) mass is 340 g/mol. The summed E-state index contributed by atoms with van der Waals surface area (Å²) in [5.74, 6) is 0. The van der Waals surface area contributed by atoms with Gasteiger partial charge in [-0.05, 0) is 12.1 Å². The number of hydrogen-bond donors (Lipinski definition) is 1. The SMILES string of the molecule is COC(=O)N1CCN(c2ccnc3[nH]c(-c4cnn(C)c4)cc23)CC1. The Morgan fingerprint density at radius 3 is 2.76 bits per heavy atom. The topological polar surface area (TPSA) is 79.3 Å². The summed E-state index contributed by atoms with van der Waals surface area (Å²) in [7, 11) is 3.32. The molecule has 8 nitrogen and oxygen atoms in total. The van der Waals surface area contributed by atoms with Gasteiger partial charge in [-0.15, -0.1) is 0 Å². The minimum atomic E-state index is -0.264. The number of ether oxygens (including phenoxy) is 1. The average Bonchev–Trinajstić information content (AvgIpc) is 3.26. The number of nitrogens with zero attached hydrogens (tertiary/aromatic N) is 5. The number of aromatic amines is 1. The molecule has 1 amide bonds. The summed E-state index contributed by atoms with van der Waals surface area (Å²) in [4.78, 5) is 23.5. The number of nitrogens with one attached hydrogen (secondary N) is 1. The van der Waals surface area contributed by atoms with E-state index in [-0.39, 0.29) is 6.09 Å². The Labute approximate surface area is 145 Å². The Morgan fingerprint density at radius 1 is 1.28 bits per heavy atom. The first-order chi connectivity index (χ1) is 12.2. The standard InChI is InChI=1S/C17H20N6O2/c1-21-11-12(10-19-21)14-9-13-15(3-4-18-16(13)20-14)22-5-7-23(8-6-22)17(24)25-2/h3-4,9-11H,5-8H2,1-2H3,(H,18,20). The van der Waals surface area contributed by atoms with Crippen LogP contribution in [0.1, 0.15) is 0 Å². The predicted molar refractivity (Wildman–Crippen MR) is 94.5 cm³/mol. The molecule has 0 radical (unpaired) electrons. The third-order valence-electron chi connectivity index (χ3n) is 4.58. The molecule has 0 bridgehead atoms. The van der Waals surface area contributed by atoms with Gasteiger partial charge in [0, 0.05) is 62.3 Å². The van der Waals surface area contributed by atoms with Crippen LogP contribution < -0.4 is 4.90 Å². The molecule has 8 heteroatoms. The van der Waals surface area contributed by atoms with Crippen LogP contribution in [0.2, 0.25) is 0 Å². The number of aromatic nitrogens is 4. The van der Waals surface area contributed by atoms with Crippen LogP contribution in [0.25, 0.3) is 22.3 Å². The molecule has 1 N–H and O–H groups in total. The molecule has 1 aliphatic rings. The lowest BCUT2D eigenvalue weighted by Gasteiger charge is -2.35. The van der Waals surface area contributed by atoms with Gasteiger partial charge in [0.2, 0.25) is 0 Å². The van der Waals surface area contributed by atoms with Crippen LogP contribution in [0.15, 0.2) is 30.7 Å². The summed E-state index contributed by atoms with van der Waals surface area (Å²) < 4.78 is 6.58. The lowest BCUT2D eigenvalue weighted by atomic mass is 10.2. The smallest absolute Gasteiger partial charge is 0.409 e. The van der Waals surface area contributed by atoms with E-state index in [1.165, 1.54) is 7.11 Å². The second-order valence-corrected chi connectivity index (χ2v) is 6.12. The minimum absolute atomic E-state index is 0.264. The molecule has 0 aromatic carbocycles. The van der Waals surface area contributed by atoms with Crippen LogP contribution in [-0.2, 0) is 11.8 Å². The number of amides is 1. The van der Waals surface area contributed by atoms with E-state index < -0.39 is 0 Å². The maximum atomic E-state index is 11.6. The van der Waals surface area contributed by atoms with Gasteiger partial charge < -0.3 is 19.5 Å². The number of carbonyl (C=O) groups is 1. The number of piperazine rings is 1. The highest BCUT2D eigenvalue weighted by molar-refractivity contribution is 5.93. The summed E-state index contributed by atoms with van der Waals surface area (Å²) in [6, 6.07) is 4.14. The second-order valence-electron chi connectivity index (χ2n) is 6.12. The Hall–Kier alpha value is -3.03. The van der Waals surface area contributed by atoms with Gasteiger partial charge in [0.15, 0.2) is 0 Å². The minimum Gasteiger partial charge on any atom is -0.453 e. The van der Waals surface area contributed by atoms with Crippen LogP contribution in [0.4, 0.5) is 10.5 Å². The van der Waals surface area contributed by atoms with Gasteiger partial charge in [-0.2, -0.15) is 5.10 Å². The number of anilines is 1. The van der Waals surface area contributed by atoms with E-state index in [0.717, 1.165) is 41.1 Å². The summed E-state index contributed by atoms with van der Waals surface area (Å²) in [5.41, 5.74) is 4.01. The highest BCUT2D eigenvalue weighted by Gasteiger charge is 2.23. The first kappa shape index (κ1) is 15.5. The molecule has 1 fully saturated rings. The third kappa shape index (κ3) is 2.79. The van der Waals surface area contributed by atoms with Crippen molar-refractivity contribution in [1.29, 1.82) is 0 Å². The molecular formula is C17H20N6O2. The van der Waals surface area contributed by atoms with Gasteiger partial charge in [0.05, 0.1) is 19.0 Å². The molecule has 1 aliphatic heterocycles. The largest absolute Gasteiger partial charge is 0.453 e. The number of fused-ring (bicyclic) bond motifs is 1. The summed E-state index contributed by atoms with van der Waals surface area (Å²) in [5, 5.41) is 5.30.